The van der Waals surface area contributed by atoms with Gasteiger partial charge in [0.05, 0.1) is 18.4 Å². The molecular formula is C15H18N2O2S. The second kappa shape index (κ2) is 6.43. The van der Waals surface area contributed by atoms with Gasteiger partial charge in [-0.25, -0.2) is 0 Å². The molecule has 0 aliphatic heterocycles. The van der Waals surface area contributed by atoms with Crippen LogP contribution in [-0.2, 0) is 6.42 Å². The summed E-state index contributed by atoms with van der Waals surface area (Å²) < 4.78 is 5.20. The van der Waals surface area contributed by atoms with Crippen LogP contribution in [0.25, 0.3) is 0 Å². The van der Waals surface area contributed by atoms with Crippen LogP contribution in [0.5, 0.6) is 5.75 Å². The molecule has 0 aliphatic carbocycles. The van der Waals surface area contributed by atoms with Gasteiger partial charge in [-0.2, -0.15) is 11.3 Å². The van der Waals surface area contributed by atoms with Gasteiger partial charge in [-0.1, -0.05) is 6.07 Å². The van der Waals surface area contributed by atoms with Crippen molar-refractivity contribution in [2.75, 3.05) is 12.8 Å². The number of benzene rings is 1. The zero-order valence-electron chi connectivity index (χ0n) is 11.6. The number of hydrogen-bond acceptors (Lipinski definition) is 4. The molecule has 0 saturated heterocycles. The average molecular weight is 290 g/mol. The summed E-state index contributed by atoms with van der Waals surface area (Å²) in [5, 5.41) is 7.09. The monoisotopic (exact) mass is 290 g/mol. The van der Waals surface area contributed by atoms with Gasteiger partial charge in [0.25, 0.3) is 5.91 Å². The minimum absolute atomic E-state index is 0.0447. The summed E-state index contributed by atoms with van der Waals surface area (Å²) >= 11 is 1.66. The molecule has 106 valence electrons. The normalized spacial score (nSPS) is 11.9. The Labute approximate surface area is 122 Å². The van der Waals surface area contributed by atoms with Crippen LogP contribution in [0.3, 0.4) is 0 Å². The quantitative estimate of drug-likeness (QED) is 0.832. The van der Waals surface area contributed by atoms with Crippen molar-refractivity contribution in [3.63, 3.8) is 0 Å². The topological polar surface area (TPSA) is 64.3 Å². The van der Waals surface area contributed by atoms with E-state index in [2.05, 4.69) is 16.8 Å². The number of nitrogens with two attached hydrogens (primary N) is 1. The fraction of sp³-hybridized carbons (Fsp3) is 0.267. The van der Waals surface area contributed by atoms with Crippen molar-refractivity contribution in [1.29, 1.82) is 0 Å². The van der Waals surface area contributed by atoms with Crippen molar-refractivity contribution in [2.24, 2.45) is 0 Å². The van der Waals surface area contributed by atoms with E-state index in [1.165, 1.54) is 12.7 Å². The van der Waals surface area contributed by atoms with Crippen molar-refractivity contribution in [3.05, 3.63) is 46.2 Å². The number of ether oxygens (including phenoxy) is 1. The Hall–Kier alpha value is -2.01. The predicted molar refractivity (Wildman–Crippen MR) is 82.4 cm³/mol. The van der Waals surface area contributed by atoms with E-state index in [4.69, 9.17) is 10.5 Å². The van der Waals surface area contributed by atoms with Crippen LogP contribution in [-0.4, -0.2) is 19.1 Å². The molecule has 1 atom stereocenters. The summed E-state index contributed by atoms with van der Waals surface area (Å²) in [4.78, 5) is 12.3. The summed E-state index contributed by atoms with van der Waals surface area (Å²) in [5.41, 5.74) is 7.96. The molecule has 0 aliphatic rings. The molecule has 1 unspecified atom stereocenters. The molecule has 20 heavy (non-hydrogen) atoms. The van der Waals surface area contributed by atoms with E-state index >= 15 is 0 Å². The van der Waals surface area contributed by atoms with Gasteiger partial charge in [0, 0.05) is 6.04 Å². The van der Waals surface area contributed by atoms with Gasteiger partial charge in [-0.3, -0.25) is 4.79 Å². The third-order valence-corrected chi connectivity index (χ3v) is 3.73. The molecule has 4 nitrogen and oxygen atoms in total. The fourth-order valence-corrected chi connectivity index (χ4v) is 2.76. The minimum Gasteiger partial charge on any atom is -0.494 e. The van der Waals surface area contributed by atoms with Crippen molar-refractivity contribution in [2.45, 2.75) is 19.4 Å². The van der Waals surface area contributed by atoms with Gasteiger partial charge in [0.2, 0.25) is 0 Å². The van der Waals surface area contributed by atoms with Crippen LogP contribution in [0.2, 0.25) is 0 Å². The molecule has 0 radical (unpaired) electrons. The van der Waals surface area contributed by atoms with Crippen LogP contribution in [0.15, 0.2) is 35.0 Å². The SMILES string of the molecule is COc1c(N)cccc1C(=O)NC(C)Cc1ccsc1. The lowest BCUT2D eigenvalue weighted by molar-refractivity contribution is 0.0937. The summed E-state index contributed by atoms with van der Waals surface area (Å²) in [5.74, 6) is 0.254. The van der Waals surface area contributed by atoms with Crippen LogP contribution in [0, 0.1) is 0 Å². The van der Waals surface area contributed by atoms with Crippen molar-refractivity contribution in [3.8, 4) is 5.75 Å². The van der Waals surface area contributed by atoms with E-state index < -0.39 is 0 Å². The third kappa shape index (κ3) is 3.30. The Morgan fingerprint density at radius 3 is 2.90 bits per heavy atom. The van der Waals surface area contributed by atoms with E-state index in [-0.39, 0.29) is 11.9 Å². The minimum atomic E-state index is -0.170. The van der Waals surface area contributed by atoms with E-state index in [0.717, 1.165) is 6.42 Å². The highest BCUT2D eigenvalue weighted by atomic mass is 32.1. The number of nitrogens with one attached hydrogen (secondary N) is 1. The Kier molecular flexibility index (Phi) is 4.63. The first-order valence-electron chi connectivity index (χ1n) is 6.36. The maximum atomic E-state index is 12.3. The predicted octanol–water partition coefficient (Wildman–Crippen LogP) is 2.70. The second-order valence-corrected chi connectivity index (χ2v) is 5.42. The number of nitrogen functional groups attached to an aromatic ring is 1. The van der Waals surface area contributed by atoms with Crippen molar-refractivity contribution >= 4 is 22.9 Å². The van der Waals surface area contributed by atoms with E-state index in [0.29, 0.717) is 17.0 Å². The third-order valence-electron chi connectivity index (χ3n) is 2.99. The first-order chi connectivity index (χ1) is 9.61. The molecule has 0 spiro atoms. The highest BCUT2D eigenvalue weighted by Crippen LogP contribution is 2.25. The lowest BCUT2D eigenvalue weighted by atomic mass is 10.1. The van der Waals surface area contributed by atoms with E-state index in [1.807, 2.05) is 12.3 Å². The standard InChI is InChI=1S/C15H18N2O2S/c1-10(8-11-6-7-20-9-11)17-15(18)12-4-3-5-13(16)14(12)19-2/h3-7,9-10H,8,16H2,1-2H3,(H,17,18). The number of hydrogen-bond donors (Lipinski definition) is 2. The molecule has 1 amide bonds. The molecule has 1 aromatic heterocycles. The molecule has 2 aromatic rings. The largest absolute Gasteiger partial charge is 0.494 e. The molecule has 0 bridgehead atoms. The van der Waals surface area contributed by atoms with Crippen LogP contribution < -0.4 is 15.8 Å². The Bertz CT molecular complexity index is 582. The number of para-hydroxylation sites is 1. The highest BCUT2D eigenvalue weighted by molar-refractivity contribution is 7.07. The van der Waals surface area contributed by atoms with E-state index in [1.54, 1.807) is 29.5 Å². The summed E-state index contributed by atoms with van der Waals surface area (Å²) in [6.45, 7) is 1.98. The maximum Gasteiger partial charge on any atom is 0.255 e. The number of thiophene rings is 1. The highest BCUT2D eigenvalue weighted by Gasteiger charge is 2.16. The smallest absolute Gasteiger partial charge is 0.255 e. The summed E-state index contributed by atoms with van der Waals surface area (Å²) in [7, 11) is 1.51. The molecule has 5 heteroatoms. The lowest BCUT2D eigenvalue weighted by Crippen LogP contribution is -2.34. The van der Waals surface area contributed by atoms with Crippen molar-refractivity contribution in [1.82, 2.24) is 5.32 Å². The second-order valence-electron chi connectivity index (χ2n) is 4.64. The van der Waals surface area contributed by atoms with Gasteiger partial charge in [-0.05, 0) is 47.9 Å². The van der Waals surface area contributed by atoms with E-state index in [9.17, 15) is 4.79 Å². The zero-order valence-corrected chi connectivity index (χ0v) is 12.4. The molecule has 0 saturated carbocycles. The zero-order chi connectivity index (χ0) is 14.5. The first kappa shape index (κ1) is 14.4. The summed E-state index contributed by atoms with van der Waals surface area (Å²) in [6.07, 6.45) is 0.805. The van der Waals surface area contributed by atoms with Gasteiger partial charge < -0.3 is 15.8 Å². The number of rotatable bonds is 5. The van der Waals surface area contributed by atoms with Gasteiger partial charge >= 0.3 is 0 Å². The molecule has 2 rings (SSSR count). The van der Waals surface area contributed by atoms with Gasteiger partial charge in [-0.15, -0.1) is 0 Å². The molecule has 3 N–H and O–H groups in total. The van der Waals surface area contributed by atoms with Crippen molar-refractivity contribution < 1.29 is 9.53 Å². The molecule has 1 aromatic carbocycles. The number of amides is 1. The molecule has 0 fully saturated rings. The number of methoxy groups -OCH3 is 1. The first-order valence-corrected chi connectivity index (χ1v) is 7.30. The number of anilines is 1. The van der Waals surface area contributed by atoms with Crippen LogP contribution in [0.4, 0.5) is 5.69 Å². The van der Waals surface area contributed by atoms with Gasteiger partial charge in [0.1, 0.15) is 0 Å². The Morgan fingerprint density at radius 1 is 1.45 bits per heavy atom. The maximum absolute atomic E-state index is 12.3. The molecular weight excluding hydrogens is 272 g/mol. The molecule has 1 heterocycles. The Balaban J connectivity index is 2.06. The lowest BCUT2D eigenvalue weighted by Gasteiger charge is -2.15. The Morgan fingerprint density at radius 2 is 2.25 bits per heavy atom. The van der Waals surface area contributed by atoms with Crippen LogP contribution in [0.1, 0.15) is 22.8 Å². The fourth-order valence-electron chi connectivity index (χ4n) is 2.08. The number of carbonyl (C=O) groups excluding carboxylic acids is 1. The average Bonchev–Trinajstić information content (AvgIpc) is 2.90. The summed E-state index contributed by atoms with van der Waals surface area (Å²) in [6, 6.07) is 7.28. The number of carbonyl (C=O) groups is 1. The van der Waals surface area contributed by atoms with Gasteiger partial charge in [0.15, 0.2) is 5.75 Å². The van der Waals surface area contributed by atoms with Crippen LogP contribution >= 0.6 is 11.3 Å².